The molecule has 1 atom stereocenters. The Morgan fingerprint density at radius 2 is 2.33 bits per heavy atom. The monoisotopic (exact) mass is 169 g/mol. The van der Waals surface area contributed by atoms with Gasteiger partial charge in [0.25, 0.3) is 0 Å². The molecule has 1 saturated heterocycles. The molecule has 2 nitrogen and oxygen atoms in total. The molecule has 2 heteroatoms. The molecule has 1 saturated carbocycles. The Hall–Kier alpha value is -0.0800. The largest absolute Gasteiger partial charge is 0.381 e. The Morgan fingerprint density at radius 3 is 2.83 bits per heavy atom. The van der Waals surface area contributed by atoms with Crippen molar-refractivity contribution in [2.45, 2.75) is 26.2 Å². The third-order valence-electron chi connectivity index (χ3n) is 3.30. The molecule has 0 bridgehead atoms. The highest BCUT2D eigenvalue weighted by molar-refractivity contribution is 4.97. The molecule has 2 aliphatic rings. The zero-order valence-corrected chi connectivity index (χ0v) is 7.94. The van der Waals surface area contributed by atoms with Crippen LogP contribution >= 0.6 is 0 Å². The van der Waals surface area contributed by atoms with Crippen molar-refractivity contribution in [1.82, 2.24) is 5.32 Å². The first kappa shape index (κ1) is 8.52. The molecule has 1 aliphatic carbocycles. The molecule has 12 heavy (non-hydrogen) atoms. The zero-order chi connectivity index (χ0) is 8.44. The SMILES string of the molecule is CCNCC1(C2CC2)CCOC1. The highest BCUT2D eigenvalue weighted by Crippen LogP contribution is 2.49. The van der Waals surface area contributed by atoms with Crippen LogP contribution in [0.5, 0.6) is 0 Å². The van der Waals surface area contributed by atoms with Crippen molar-refractivity contribution < 1.29 is 4.74 Å². The predicted molar refractivity (Wildman–Crippen MR) is 49.1 cm³/mol. The van der Waals surface area contributed by atoms with Crippen molar-refractivity contribution >= 4 is 0 Å². The van der Waals surface area contributed by atoms with Gasteiger partial charge in [-0.1, -0.05) is 6.92 Å². The number of ether oxygens (including phenoxy) is 1. The smallest absolute Gasteiger partial charge is 0.0538 e. The Kier molecular flexibility index (Phi) is 2.37. The van der Waals surface area contributed by atoms with Gasteiger partial charge in [-0.15, -0.1) is 0 Å². The lowest BCUT2D eigenvalue weighted by Crippen LogP contribution is -2.36. The molecular formula is C10H19NO. The van der Waals surface area contributed by atoms with Crippen LogP contribution in [0.4, 0.5) is 0 Å². The summed E-state index contributed by atoms with van der Waals surface area (Å²) in [6.07, 6.45) is 4.16. The fourth-order valence-electron chi connectivity index (χ4n) is 2.30. The molecule has 0 spiro atoms. The molecule has 70 valence electrons. The molecule has 0 amide bonds. The quantitative estimate of drug-likeness (QED) is 0.687. The lowest BCUT2D eigenvalue weighted by molar-refractivity contribution is 0.136. The first-order chi connectivity index (χ1) is 5.87. The fourth-order valence-corrected chi connectivity index (χ4v) is 2.30. The van der Waals surface area contributed by atoms with E-state index in [0.717, 1.165) is 25.7 Å². The summed E-state index contributed by atoms with van der Waals surface area (Å²) in [6.45, 7) is 6.44. The second kappa shape index (κ2) is 3.35. The van der Waals surface area contributed by atoms with E-state index < -0.39 is 0 Å². The van der Waals surface area contributed by atoms with Gasteiger partial charge in [0, 0.05) is 18.6 Å². The number of rotatable bonds is 4. The van der Waals surface area contributed by atoms with E-state index in [9.17, 15) is 0 Å². The van der Waals surface area contributed by atoms with Crippen molar-refractivity contribution in [3.63, 3.8) is 0 Å². The third kappa shape index (κ3) is 1.50. The van der Waals surface area contributed by atoms with E-state index in [-0.39, 0.29) is 0 Å². The Morgan fingerprint density at radius 1 is 1.50 bits per heavy atom. The summed E-state index contributed by atoms with van der Waals surface area (Å²) < 4.78 is 5.52. The van der Waals surface area contributed by atoms with Crippen molar-refractivity contribution in [2.24, 2.45) is 11.3 Å². The summed E-state index contributed by atoms with van der Waals surface area (Å²) >= 11 is 0. The molecular weight excluding hydrogens is 150 g/mol. The van der Waals surface area contributed by atoms with E-state index in [1.165, 1.54) is 25.8 Å². The minimum atomic E-state index is 0.524. The lowest BCUT2D eigenvalue weighted by atomic mass is 9.82. The third-order valence-corrected chi connectivity index (χ3v) is 3.30. The molecule has 1 N–H and O–H groups in total. The summed E-state index contributed by atoms with van der Waals surface area (Å²) in [6, 6.07) is 0. The van der Waals surface area contributed by atoms with Crippen LogP contribution in [0.1, 0.15) is 26.2 Å². The summed E-state index contributed by atoms with van der Waals surface area (Å²) in [7, 11) is 0. The highest BCUT2D eigenvalue weighted by Gasteiger charge is 2.47. The first-order valence-electron chi connectivity index (χ1n) is 5.16. The maximum absolute atomic E-state index is 5.52. The van der Waals surface area contributed by atoms with Crippen LogP contribution < -0.4 is 5.32 Å². The highest BCUT2D eigenvalue weighted by atomic mass is 16.5. The molecule has 2 rings (SSSR count). The van der Waals surface area contributed by atoms with Crippen molar-refractivity contribution in [3.05, 3.63) is 0 Å². The molecule has 2 fully saturated rings. The van der Waals surface area contributed by atoms with E-state index in [1.54, 1.807) is 0 Å². The van der Waals surface area contributed by atoms with E-state index in [4.69, 9.17) is 4.74 Å². The van der Waals surface area contributed by atoms with Crippen LogP contribution in [-0.4, -0.2) is 26.3 Å². The van der Waals surface area contributed by atoms with E-state index in [1.807, 2.05) is 0 Å². The van der Waals surface area contributed by atoms with Gasteiger partial charge < -0.3 is 10.1 Å². The Bertz CT molecular complexity index is 148. The molecule has 1 heterocycles. The first-order valence-corrected chi connectivity index (χ1v) is 5.16. The van der Waals surface area contributed by atoms with Crippen LogP contribution in [0.15, 0.2) is 0 Å². The Balaban J connectivity index is 1.91. The summed E-state index contributed by atoms with van der Waals surface area (Å²) in [5.74, 6) is 0.971. The van der Waals surface area contributed by atoms with Crippen LogP contribution in [0, 0.1) is 11.3 Å². The zero-order valence-electron chi connectivity index (χ0n) is 7.94. The van der Waals surface area contributed by atoms with E-state index in [2.05, 4.69) is 12.2 Å². The molecule has 0 aromatic carbocycles. The van der Waals surface area contributed by atoms with Crippen LogP contribution in [-0.2, 0) is 4.74 Å². The Labute approximate surface area is 74.7 Å². The maximum Gasteiger partial charge on any atom is 0.0538 e. The van der Waals surface area contributed by atoms with Gasteiger partial charge in [-0.05, 0) is 31.7 Å². The topological polar surface area (TPSA) is 21.3 Å². The number of nitrogens with one attached hydrogen (secondary N) is 1. The minimum Gasteiger partial charge on any atom is -0.381 e. The fraction of sp³-hybridized carbons (Fsp3) is 1.00. The predicted octanol–water partition coefficient (Wildman–Crippen LogP) is 1.41. The van der Waals surface area contributed by atoms with Gasteiger partial charge in [0.1, 0.15) is 0 Å². The second-order valence-corrected chi connectivity index (χ2v) is 4.22. The van der Waals surface area contributed by atoms with Gasteiger partial charge in [0.05, 0.1) is 6.61 Å². The number of hydrogen-bond acceptors (Lipinski definition) is 2. The summed E-state index contributed by atoms with van der Waals surface area (Å²) in [5, 5.41) is 3.47. The lowest BCUT2D eigenvalue weighted by Gasteiger charge is -2.27. The second-order valence-electron chi connectivity index (χ2n) is 4.22. The molecule has 1 unspecified atom stereocenters. The number of hydrogen-bond donors (Lipinski definition) is 1. The van der Waals surface area contributed by atoms with Gasteiger partial charge in [-0.3, -0.25) is 0 Å². The van der Waals surface area contributed by atoms with Gasteiger partial charge in [-0.25, -0.2) is 0 Å². The van der Waals surface area contributed by atoms with Gasteiger partial charge in [0.2, 0.25) is 0 Å². The van der Waals surface area contributed by atoms with Crippen LogP contribution in [0.3, 0.4) is 0 Å². The average Bonchev–Trinajstić information content (AvgIpc) is 2.84. The molecule has 0 aromatic rings. The summed E-state index contributed by atoms with van der Waals surface area (Å²) in [5.41, 5.74) is 0.524. The molecule has 0 aromatic heterocycles. The van der Waals surface area contributed by atoms with Crippen LogP contribution in [0.25, 0.3) is 0 Å². The summed E-state index contributed by atoms with van der Waals surface area (Å²) in [4.78, 5) is 0. The van der Waals surface area contributed by atoms with Crippen molar-refractivity contribution in [3.8, 4) is 0 Å². The molecule has 1 aliphatic heterocycles. The molecule has 0 radical (unpaired) electrons. The minimum absolute atomic E-state index is 0.524. The van der Waals surface area contributed by atoms with Crippen molar-refractivity contribution in [2.75, 3.05) is 26.3 Å². The average molecular weight is 169 g/mol. The van der Waals surface area contributed by atoms with Gasteiger partial charge >= 0.3 is 0 Å². The van der Waals surface area contributed by atoms with Crippen LogP contribution in [0.2, 0.25) is 0 Å². The van der Waals surface area contributed by atoms with Gasteiger partial charge in [-0.2, -0.15) is 0 Å². The maximum atomic E-state index is 5.52. The normalized spacial score (nSPS) is 35.8. The van der Waals surface area contributed by atoms with Crippen molar-refractivity contribution in [1.29, 1.82) is 0 Å². The van der Waals surface area contributed by atoms with E-state index in [0.29, 0.717) is 5.41 Å². The van der Waals surface area contributed by atoms with Gasteiger partial charge in [0.15, 0.2) is 0 Å². The standard InChI is InChI=1S/C10H19NO/c1-2-11-7-10(9-3-4-9)5-6-12-8-10/h9,11H,2-8H2,1H3. The van der Waals surface area contributed by atoms with E-state index >= 15 is 0 Å².